The summed E-state index contributed by atoms with van der Waals surface area (Å²) in [5, 5.41) is 4.84. The van der Waals surface area contributed by atoms with Crippen molar-refractivity contribution in [2.45, 2.75) is 52.1 Å². The monoisotopic (exact) mass is 415 g/mol. The number of amides is 1. The highest BCUT2D eigenvalue weighted by molar-refractivity contribution is 6.31. The molecule has 0 aliphatic carbocycles. The van der Waals surface area contributed by atoms with Crippen LogP contribution in [-0.4, -0.2) is 45.2 Å². The van der Waals surface area contributed by atoms with Gasteiger partial charge in [0.25, 0.3) is 5.91 Å². The standard InChI is InChI=1S/C22H26ClN3O3/c1-15-8-7-9-16(2)25(15)20(27)14-29-21(28)13-12-19-17(3)24-26(22(19)23)18-10-5-4-6-11-18/h4-6,10-13,15-16H,7-9,14H2,1-3H3/b13-12+/t15-,16-/m0/s1. The number of carbonyl (C=O) groups is 2. The van der Waals surface area contributed by atoms with Crippen LogP contribution in [0.3, 0.4) is 0 Å². The Kier molecular flexibility index (Phi) is 6.75. The van der Waals surface area contributed by atoms with E-state index in [0.29, 0.717) is 16.4 Å². The number of nitrogens with zero attached hydrogens (tertiary/aromatic N) is 3. The molecule has 6 nitrogen and oxygen atoms in total. The number of hydrogen-bond donors (Lipinski definition) is 0. The van der Waals surface area contributed by atoms with Crippen LogP contribution in [-0.2, 0) is 14.3 Å². The summed E-state index contributed by atoms with van der Waals surface area (Å²) in [6.07, 6.45) is 5.93. The third-order valence-corrected chi connectivity index (χ3v) is 5.62. The van der Waals surface area contributed by atoms with Crippen LogP contribution in [0.15, 0.2) is 36.4 Å². The Morgan fingerprint density at radius 3 is 2.52 bits per heavy atom. The molecule has 1 aromatic heterocycles. The fourth-order valence-electron chi connectivity index (χ4n) is 3.76. The highest BCUT2D eigenvalue weighted by Gasteiger charge is 2.29. The second-order valence-electron chi connectivity index (χ2n) is 7.41. The molecule has 0 saturated carbocycles. The molecule has 1 fully saturated rings. The van der Waals surface area contributed by atoms with Crippen molar-refractivity contribution < 1.29 is 14.3 Å². The van der Waals surface area contributed by atoms with E-state index >= 15 is 0 Å². The van der Waals surface area contributed by atoms with Crippen molar-refractivity contribution in [3.8, 4) is 5.69 Å². The largest absolute Gasteiger partial charge is 0.452 e. The smallest absolute Gasteiger partial charge is 0.331 e. The van der Waals surface area contributed by atoms with Gasteiger partial charge in [-0.3, -0.25) is 4.79 Å². The number of aryl methyl sites for hydroxylation is 1. The molecule has 0 radical (unpaired) electrons. The first-order valence-corrected chi connectivity index (χ1v) is 10.2. The minimum Gasteiger partial charge on any atom is -0.452 e. The molecule has 1 saturated heterocycles. The molecule has 2 aromatic rings. The average molecular weight is 416 g/mol. The number of piperidine rings is 1. The van der Waals surface area contributed by atoms with Crippen LogP contribution in [0.4, 0.5) is 0 Å². The van der Waals surface area contributed by atoms with Crippen LogP contribution >= 0.6 is 11.6 Å². The van der Waals surface area contributed by atoms with Crippen LogP contribution in [0.1, 0.15) is 44.4 Å². The number of ether oxygens (including phenoxy) is 1. The van der Waals surface area contributed by atoms with E-state index in [-0.39, 0.29) is 24.6 Å². The van der Waals surface area contributed by atoms with Gasteiger partial charge in [-0.05, 0) is 58.2 Å². The molecular formula is C22H26ClN3O3. The number of hydrogen-bond acceptors (Lipinski definition) is 4. The predicted molar refractivity (Wildman–Crippen MR) is 113 cm³/mol. The molecule has 154 valence electrons. The summed E-state index contributed by atoms with van der Waals surface area (Å²) in [7, 11) is 0. The zero-order valence-corrected chi connectivity index (χ0v) is 17.7. The van der Waals surface area contributed by atoms with Gasteiger partial charge in [0.2, 0.25) is 0 Å². The highest BCUT2D eigenvalue weighted by atomic mass is 35.5. The van der Waals surface area contributed by atoms with E-state index in [9.17, 15) is 9.59 Å². The van der Waals surface area contributed by atoms with Crippen molar-refractivity contribution in [2.75, 3.05) is 6.61 Å². The molecule has 1 aromatic carbocycles. The second kappa shape index (κ2) is 9.27. The van der Waals surface area contributed by atoms with Crippen molar-refractivity contribution >= 4 is 29.6 Å². The molecule has 2 atom stereocenters. The fraction of sp³-hybridized carbons (Fsp3) is 0.409. The van der Waals surface area contributed by atoms with Crippen LogP contribution in [0.5, 0.6) is 0 Å². The van der Waals surface area contributed by atoms with E-state index in [1.165, 1.54) is 6.08 Å². The zero-order valence-electron chi connectivity index (χ0n) is 17.0. The Morgan fingerprint density at radius 1 is 1.21 bits per heavy atom. The van der Waals surface area contributed by atoms with Crippen molar-refractivity contribution in [1.29, 1.82) is 0 Å². The fourth-order valence-corrected chi connectivity index (χ4v) is 4.10. The SMILES string of the molecule is Cc1nn(-c2ccccc2)c(Cl)c1/C=C/C(=O)OCC(=O)N1[C@@H](C)CCC[C@@H]1C. The molecule has 0 N–H and O–H groups in total. The summed E-state index contributed by atoms with van der Waals surface area (Å²) < 4.78 is 6.78. The number of likely N-dealkylation sites (tertiary alicyclic amines) is 1. The van der Waals surface area contributed by atoms with E-state index in [1.807, 2.05) is 56.0 Å². The van der Waals surface area contributed by atoms with E-state index < -0.39 is 5.97 Å². The minimum absolute atomic E-state index is 0.155. The van der Waals surface area contributed by atoms with Crippen molar-refractivity contribution in [3.05, 3.63) is 52.8 Å². The lowest BCUT2D eigenvalue weighted by atomic mass is 9.97. The number of para-hydroxylation sites is 1. The summed E-state index contributed by atoms with van der Waals surface area (Å²) in [5.41, 5.74) is 2.16. The molecule has 0 bridgehead atoms. The lowest BCUT2D eigenvalue weighted by Gasteiger charge is -2.38. The van der Waals surface area contributed by atoms with E-state index in [0.717, 1.165) is 24.9 Å². The maximum absolute atomic E-state index is 12.5. The molecule has 0 unspecified atom stereocenters. The van der Waals surface area contributed by atoms with Gasteiger partial charge in [-0.1, -0.05) is 29.8 Å². The molecule has 1 amide bonds. The quantitative estimate of drug-likeness (QED) is 0.542. The van der Waals surface area contributed by atoms with Crippen LogP contribution in [0.2, 0.25) is 5.15 Å². The average Bonchev–Trinajstić information content (AvgIpc) is 2.99. The maximum Gasteiger partial charge on any atom is 0.331 e. The Labute approximate surface area is 176 Å². The van der Waals surface area contributed by atoms with Crippen molar-refractivity contribution in [3.63, 3.8) is 0 Å². The Balaban J connectivity index is 1.62. The molecule has 29 heavy (non-hydrogen) atoms. The summed E-state index contributed by atoms with van der Waals surface area (Å²) in [6.45, 7) is 5.63. The number of aromatic nitrogens is 2. The van der Waals surface area contributed by atoms with E-state index in [2.05, 4.69) is 5.10 Å². The first kappa shape index (κ1) is 21.1. The van der Waals surface area contributed by atoms with Gasteiger partial charge in [0, 0.05) is 23.7 Å². The normalized spacial score (nSPS) is 19.5. The molecule has 3 rings (SSSR count). The van der Waals surface area contributed by atoms with Gasteiger partial charge in [0.15, 0.2) is 6.61 Å². The number of esters is 1. The molecule has 2 heterocycles. The Hall–Kier alpha value is -2.60. The predicted octanol–water partition coefficient (Wildman–Crippen LogP) is 4.18. The number of rotatable bonds is 5. The van der Waals surface area contributed by atoms with E-state index in [4.69, 9.17) is 16.3 Å². The third kappa shape index (κ3) is 4.88. The maximum atomic E-state index is 12.5. The van der Waals surface area contributed by atoms with Gasteiger partial charge < -0.3 is 9.64 Å². The zero-order chi connectivity index (χ0) is 21.0. The van der Waals surface area contributed by atoms with Gasteiger partial charge in [-0.2, -0.15) is 5.10 Å². The topological polar surface area (TPSA) is 64.4 Å². The van der Waals surface area contributed by atoms with Crippen LogP contribution in [0.25, 0.3) is 11.8 Å². The summed E-state index contributed by atoms with van der Waals surface area (Å²) >= 11 is 6.45. The van der Waals surface area contributed by atoms with Gasteiger partial charge in [-0.15, -0.1) is 0 Å². The van der Waals surface area contributed by atoms with Crippen LogP contribution in [0, 0.1) is 6.92 Å². The summed E-state index contributed by atoms with van der Waals surface area (Å²) in [5.74, 6) is -0.740. The summed E-state index contributed by atoms with van der Waals surface area (Å²) in [6, 6.07) is 9.85. The lowest BCUT2D eigenvalue weighted by molar-refractivity contribution is -0.151. The van der Waals surface area contributed by atoms with Crippen molar-refractivity contribution in [2.24, 2.45) is 0 Å². The molecule has 1 aliphatic rings. The lowest BCUT2D eigenvalue weighted by Crippen LogP contribution is -2.49. The molecular weight excluding hydrogens is 390 g/mol. The Bertz CT molecular complexity index is 898. The molecule has 1 aliphatic heterocycles. The van der Waals surface area contributed by atoms with E-state index in [1.54, 1.807) is 10.8 Å². The van der Waals surface area contributed by atoms with Gasteiger partial charge in [0.1, 0.15) is 5.15 Å². The molecule has 7 heteroatoms. The number of halogens is 1. The number of benzene rings is 1. The second-order valence-corrected chi connectivity index (χ2v) is 7.77. The molecule has 0 spiro atoms. The van der Waals surface area contributed by atoms with Crippen LogP contribution < -0.4 is 0 Å². The highest BCUT2D eigenvalue weighted by Crippen LogP contribution is 2.25. The first-order valence-electron chi connectivity index (χ1n) is 9.85. The summed E-state index contributed by atoms with van der Waals surface area (Å²) in [4.78, 5) is 26.4. The van der Waals surface area contributed by atoms with Gasteiger partial charge in [-0.25, -0.2) is 9.48 Å². The third-order valence-electron chi connectivity index (χ3n) is 5.25. The minimum atomic E-state index is -0.585. The van der Waals surface area contributed by atoms with Gasteiger partial charge >= 0.3 is 5.97 Å². The Morgan fingerprint density at radius 2 is 1.86 bits per heavy atom. The van der Waals surface area contributed by atoms with Gasteiger partial charge in [0.05, 0.1) is 11.4 Å². The van der Waals surface area contributed by atoms with Crippen molar-refractivity contribution in [1.82, 2.24) is 14.7 Å². The number of carbonyl (C=O) groups excluding carboxylic acids is 2. The first-order chi connectivity index (χ1) is 13.9.